The van der Waals surface area contributed by atoms with Crippen LogP contribution in [0.2, 0.25) is 5.02 Å². The molecule has 1 aliphatic heterocycles. The van der Waals surface area contributed by atoms with E-state index >= 15 is 0 Å². The van der Waals surface area contributed by atoms with Crippen molar-refractivity contribution in [2.45, 2.75) is 18.6 Å². The largest absolute Gasteiger partial charge is 0.326 e. The predicted octanol–water partition coefficient (Wildman–Crippen LogP) is 3.65. The number of hydrogen-bond donors (Lipinski definition) is 1. The zero-order chi connectivity index (χ0) is 19.4. The van der Waals surface area contributed by atoms with Gasteiger partial charge in [0.05, 0.1) is 10.6 Å². The van der Waals surface area contributed by atoms with Crippen molar-refractivity contribution < 1.29 is 9.59 Å². The van der Waals surface area contributed by atoms with Crippen LogP contribution in [-0.4, -0.2) is 38.7 Å². The maximum atomic E-state index is 12.6. The van der Waals surface area contributed by atoms with Crippen LogP contribution in [0.1, 0.15) is 18.9 Å². The minimum atomic E-state index is -0.544. The molecule has 138 valence electrons. The number of carbonyl (C=O) groups is 2. The van der Waals surface area contributed by atoms with Gasteiger partial charge in [-0.15, -0.1) is 11.3 Å². The number of carbonyl (C=O) groups excluding carboxylic acids is 2. The number of amides is 2. The standard InChI is InChI=1S/C17H14ClN5O2S2/c1-2-23-15(25)13(27-17(23)22-16-20-5-6-26-16)8-14(24)21-11-4-3-10(9-19)12(18)7-11/h3-7,13H,2,8H2,1H3,(H,21,24). The van der Waals surface area contributed by atoms with Crippen molar-refractivity contribution in [1.82, 2.24) is 9.88 Å². The summed E-state index contributed by atoms with van der Waals surface area (Å²) in [5.41, 5.74) is 0.807. The van der Waals surface area contributed by atoms with Crippen LogP contribution in [-0.2, 0) is 9.59 Å². The van der Waals surface area contributed by atoms with Gasteiger partial charge in [-0.3, -0.25) is 14.5 Å². The second kappa shape index (κ2) is 8.52. The minimum absolute atomic E-state index is 0.00844. The van der Waals surface area contributed by atoms with Crippen molar-refractivity contribution in [3.05, 3.63) is 40.4 Å². The van der Waals surface area contributed by atoms with E-state index in [0.717, 1.165) is 0 Å². The Labute approximate surface area is 169 Å². The minimum Gasteiger partial charge on any atom is -0.326 e. The van der Waals surface area contributed by atoms with Gasteiger partial charge in [0.1, 0.15) is 11.3 Å². The molecule has 7 nitrogen and oxygen atoms in total. The SMILES string of the molecule is CCN1C(=O)C(CC(=O)Nc2ccc(C#N)c(Cl)c2)SC1=Nc1nccs1. The Hall–Kier alpha value is -2.41. The highest BCUT2D eigenvalue weighted by Gasteiger charge is 2.38. The van der Waals surface area contributed by atoms with Crippen molar-refractivity contribution in [3.63, 3.8) is 0 Å². The molecule has 1 aromatic carbocycles. The summed E-state index contributed by atoms with van der Waals surface area (Å²) in [6.45, 7) is 2.33. The molecule has 2 aromatic rings. The van der Waals surface area contributed by atoms with Crippen molar-refractivity contribution >= 4 is 62.5 Å². The van der Waals surface area contributed by atoms with Crippen molar-refractivity contribution in [1.29, 1.82) is 5.26 Å². The molecule has 1 aliphatic rings. The fraction of sp³-hybridized carbons (Fsp3) is 0.235. The monoisotopic (exact) mass is 419 g/mol. The molecule has 1 atom stereocenters. The third-order valence-corrected chi connectivity index (χ3v) is 5.84. The van der Waals surface area contributed by atoms with Crippen LogP contribution in [0.15, 0.2) is 34.8 Å². The van der Waals surface area contributed by atoms with E-state index in [0.29, 0.717) is 28.1 Å². The van der Waals surface area contributed by atoms with Crippen molar-refractivity contribution in [2.75, 3.05) is 11.9 Å². The fourth-order valence-electron chi connectivity index (χ4n) is 2.43. The lowest BCUT2D eigenvalue weighted by Gasteiger charge is -2.13. The highest BCUT2D eigenvalue weighted by Crippen LogP contribution is 2.32. The molecule has 0 bridgehead atoms. The fourth-order valence-corrected chi connectivity index (χ4v) is 4.42. The van der Waals surface area contributed by atoms with Gasteiger partial charge in [0.15, 0.2) is 5.17 Å². The lowest BCUT2D eigenvalue weighted by Crippen LogP contribution is -2.33. The Morgan fingerprint density at radius 1 is 1.52 bits per heavy atom. The van der Waals surface area contributed by atoms with Gasteiger partial charge in [-0.1, -0.05) is 23.4 Å². The highest BCUT2D eigenvalue weighted by molar-refractivity contribution is 8.15. The third-order valence-electron chi connectivity index (χ3n) is 3.69. The van der Waals surface area contributed by atoms with Gasteiger partial charge >= 0.3 is 0 Å². The molecule has 1 saturated heterocycles. The number of anilines is 1. The summed E-state index contributed by atoms with van der Waals surface area (Å²) in [4.78, 5) is 35.0. The van der Waals surface area contributed by atoms with Gasteiger partial charge in [-0.05, 0) is 25.1 Å². The molecule has 1 aromatic heterocycles. The van der Waals surface area contributed by atoms with Crippen LogP contribution in [0.3, 0.4) is 0 Å². The summed E-state index contributed by atoms with van der Waals surface area (Å²) < 4.78 is 0. The van der Waals surface area contributed by atoms with Crippen LogP contribution >= 0.6 is 34.7 Å². The van der Waals surface area contributed by atoms with Gasteiger partial charge in [0, 0.05) is 30.2 Å². The Kier molecular flexibility index (Phi) is 6.11. The van der Waals surface area contributed by atoms with Crippen LogP contribution in [0, 0.1) is 11.3 Å². The molecule has 0 radical (unpaired) electrons. The maximum absolute atomic E-state index is 12.6. The number of halogens is 1. The summed E-state index contributed by atoms with van der Waals surface area (Å²) in [5, 5.41) is 14.3. The number of nitrogens with one attached hydrogen (secondary N) is 1. The van der Waals surface area contributed by atoms with Crippen LogP contribution < -0.4 is 5.32 Å². The second-order valence-corrected chi connectivity index (χ2v) is 7.91. The first kappa shape index (κ1) is 19.4. The first-order chi connectivity index (χ1) is 13.0. The van der Waals surface area contributed by atoms with E-state index in [4.69, 9.17) is 16.9 Å². The molecule has 3 rings (SSSR count). The van der Waals surface area contributed by atoms with Crippen molar-refractivity contribution in [2.24, 2.45) is 4.99 Å². The number of benzene rings is 1. The summed E-state index contributed by atoms with van der Waals surface area (Å²) in [7, 11) is 0. The molecule has 0 saturated carbocycles. The van der Waals surface area contributed by atoms with E-state index in [9.17, 15) is 9.59 Å². The molecule has 0 spiro atoms. The molecule has 1 unspecified atom stereocenters. The molecule has 10 heteroatoms. The number of aromatic nitrogens is 1. The molecular weight excluding hydrogens is 406 g/mol. The second-order valence-electron chi connectivity index (χ2n) is 5.46. The van der Waals surface area contributed by atoms with Crippen molar-refractivity contribution in [3.8, 4) is 6.07 Å². The number of hydrogen-bond acceptors (Lipinski definition) is 7. The van der Waals surface area contributed by atoms with E-state index in [2.05, 4.69) is 15.3 Å². The van der Waals surface area contributed by atoms with Gasteiger partial charge in [-0.25, -0.2) is 4.98 Å². The molecule has 1 fully saturated rings. The maximum Gasteiger partial charge on any atom is 0.242 e. The van der Waals surface area contributed by atoms with E-state index in [-0.39, 0.29) is 23.3 Å². The van der Waals surface area contributed by atoms with Crippen LogP contribution in [0.5, 0.6) is 0 Å². The zero-order valence-corrected chi connectivity index (χ0v) is 16.6. The molecule has 2 amide bonds. The smallest absolute Gasteiger partial charge is 0.242 e. The van der Waals surface area contributed by atoms with Gasteiger partial charge in [0.2, 0.25) is 16.9 Å². The Bertz CT molecular complexity index is 939. The number of rotatable bonds is 5. The zero-order valence-electron chi connectivity index (χ0n) is 14.2. The molecule has 0 aliphatic carbocycles. The number of aliphatic imine (C=N–C) groups is 1. The molecular formula is C17H14ClN5O2S2. The van der Waals surface area contributed by atoms with Crippen LogP contribution in [0.4, 0.5) is 10.8 Å². The number of nitrogens with zero attached hydrogens (tertiary/aromatic N) is 4. The number of thiazole rings is 1. The summed E-state index contributed by atoms with van der Waals surface area (Å²) in [6.07, 6.45) is 1.66. The Morgan fingerprint density at radius 3 is 2.96 bits per heavy atom. The van der Waals surface area contributed by atoms with E-state index < -0.39 is 5.25 Å². The molecule has 2 heterocycles. The third kappa shape index (κ3) is 4.47. The Morgan fingerprint density at radius 2 is 2.33 bits per heavy atom. The topological polar surface area (TPSA) is 98.5 Å². The molecule has 1 N–H and O–H groups in total. The quantitative estimate of drug-likeness (QED) is 0.797. The number of amidine groups is 1. The summed E-state index contributed by atoms with van der Waals surface area (Å²) >= 11 is 8.61. The predicted molar refractivity (Wildman–Crippen MR) is 107 cm³/mol. The first-order valence-corrected chi connectivity index (χ1v) is 10.1. The lowest BCUT2D eigenvalue weighted by atomic mass is 10.2. The Balaban J connectivity index is 1.68. The summed E-state index contributed by atoms with van der Waals surface area (Å²) in [6, 6.07) is 6.60. The van der Waals surface area contributed by atoms with Crippen LogP contribution in [0.25, 0.3) is 0 Å². The van der Waals surface area contributed by atoms with Gasteiger partial charge < -0.3 is 5.32 Å². The van der Waals surface area contributed by atoms with E-state index in [1.54, 1.807) is 17.2 Å². The highest BCUT2D eigenvalue weighted by atomic mass is 35.5. The van der Waals surface area contributed by atoms with Gasteiger partial charge in [0.25, 0.3) is 0 Å². The van der Waals surface area contributed by atoms with E-state index in [1.807, 2.05) is 18.4 Å². The first-order valence-electron chi connectivity index (χ1n) is 7.97. The average molecular weight is 420 g/mol. The molecule has 27 heavy (non-hydrogen) atoms. The normalized spacial score (nSPS) is 18.0. The van der Waals surface area contributed by atoms with Gasteiger partial charge in [-0.2, -0.15) is 10.3 Å². The number of thioether (sulfide) groups is 1. The summed E-state index contributed by atoms with van der Waals surface area (Å²) in [5.74, 6) is -0.459. The average Bonchev–Trinajstić information content (AvgIpc) is 3.24. The number of nitriles is 1. The van der Waals surface area contributed by atoms with E-state index in [1.165, 1.54) is 35.2 Å². The lowest BCUT2D eigenvalue weighted by molar-refractivity contribution is -0.128.